The topological polar surface area (TPSA) is 61.4 Å². The molecule has 6 nitrogen and oxygen atoms in total. The molecule has 2 aliphatic rings. The summed E-state index contributed by atoms with van der Waals surface area (Å²) in [5.41, 5.74) is 0.681. The number of aromatic nitrogens is 2. The average Bonchev–Trinajstić information content (AvgIpc) is 2.86. The molecule has 2 saturated heterocycles. The zero-order chi connectivity index (χ0) is 15.0. The van der Waals surface area contributed by atoms with Crippen LogP contribution in [0, 0.1) is 0 Å². The van der Waals surface area contributed by atoms with Crippen LogP contribution in [-0.4, -0.2) is 70.6 Å². The van der Waals surface area contributed by atoms with Gasteiger partial charge in [0, 0.05) is 50.7 Å². The van der Waals surface area contributed by atoms with Gasteiger partial charge in [-0.2, -0.15) is 0 Å². The number of amides is 1. The van der Waals surface area contributed by atoms with Crippen LogP contribution in [0.3, 0.4) is 0 Å². The molecule has 1 amide bonds. The van der Waals surface area contributed by atoms with Crippen LogP contribution >= 0.6 is 11.5 Å². The molecule has 1 aromatic heterocycles. The lowest BCUT2D eigenvalue weighted by molar-refractivity contribution is 0.0504. The van der Waals surface area contributed by atoms with Crippen molar-refractivity contribution in [3.05, 3.63) is 10.6 Å². The molecule has 0 aliphatic carbocycles. The SMILES string of the molecule is CC(C)(C)c1nnsc1C(=O)N1CCN(C2CNC2)CC1. The summed E-state index contributed by atoms with van der Waals surface area (Å²) in [6, 6.07) is 0.664. The Balaban J connectivity index is 1.65. The minimum absolute atomic E-state index is 0.0984. The number of carbonyl (C=O) groups is 1. The summed E-state index contributed by atoms with van der Waals surface area (Å²) in [6.07, 6.45) is 0. The highest BCUT2D eigenvalue weighted by atomic mass is 32.1. The summed E-state index contributed by atoms with van der Waals surface area (Å²) in [6.45, 7) is 11.9. The zero-order valence-corrected chi connectivity index (χ0v) is 13.7. The first kappa shape index (κ1) is 14.9. The molecule has 3 rings (SSSR count). The number of hydrogen-bond donors (Lipinski definition) is 1. The fraction of sp³-hybridized carbons (Fsp3) is 0.786. The molecule has 7 heteroatoms. The summed E-state index contributed by atoms with van der Waals surface area (Å²) in [7, 11) is 0. The van der Waals surface area contributed by atoms with Crippen molar-refractivity contribution in [3.63, 3.8) is 0 Å². The summed E-state index contributed by atoms with van der Waals surface area (Å²) in [5.74, 6) is 0.0984. The Hall–Kier alpha value is -1.05. The molecule has 2 fully saturated rings. The predicted octanol–water partition coefficient (Wildman–Crippen LogP) is 0.565. The number of rotatable bonds is 2. The first-order chi connectivity index (χ1) is 9.97. The number of nitrogens with one attached hydrogen (secondary N) is 1. The van der Waals surface area contributed by atoms with E-state index < -0.39 is 0 Å². The number of piperazine rings is 1. The van der Waals surface area contributed by atoms with Crippen molar-refractivity contribution < 1.29 is 4.79 Å². The molecule has 1 N–H and O–H groups in total. The molecular weight excluding hydrogens is 286 g/mol. The van der Waals surface area contributed by atoms with Gasteiger partial charge in [-0.25, -0.2) is 0 Å². The lowest BCUT2D eigenvalue weighted by Crippen LogP contribution is -2.62. The number of carbonyl (C=O) groups excluding carboxylic acids is 1. The largest absolute Gasteiger partial charge is 0.335 e. The highest BCUT2D eigenvalue weighted by molar-refractivity contribution is 7.08. The minimum atomic E-state index is -0.141. The quantitative estimate of drug-likeness (QED) is 0.865. The predicted molar refractivity (Wildman–Crippen MR) is 82.7 cm³/mol. The number of nitrogens with zero attached hydrogens (tertiary/aromatic N) is 4. The van der Waals surface area contributed by atoms with Gasteiger partial charge in [0.1, 0.15) is 4.88 Å². The molecule has 2 aliphatic heterocycles. The fourth-order valence-electron chi connectivity index (χ4n) is 2.79. The lowest BCUT2D eigenvalue weighted by atomic mass is 9.91. The van der Waals surface area contributed by atoms with Gasteiger partial charge in [-0.1, -0.05) is 25.3 Å². The maximum atomic E-state index is 12.7. The van der Waals surface area contributed by atoms with E-state index in [1.54, 1.807) is 0 Å². The third-order valence-electron chi connectivity index (χ3n) is 4.27. The van der Waals surface area contributed by atoms with E-state index >= 15 is 0 Å². The van der Waals surface area contributed by atoms with Gasteiger partial charge in [0.25, 0.3) is 5.91 Å². The molecule has 0 unspecified atom stereocenters. The lowest BCUT2D eigenvalue weighted by Gasteiger charge is -2.43. The van der Waals surface area contributed by atoms with E-state index in [9.17, 15) is 4.79 Å². The summed E-state index contributed by atoms with van der Waals surface area (Å²) in [5, 5.41) is 7.47. The highest BCUT2D eigenvalue weighted by Gasteiger charge is 2.33. The molecule has 21 heavy (non-hydrogen) atoms. The molecule has 0 radical (unpaired) electrons. The van der Waals surface area contributed by atoms with Crippen molar-refractivity contribution in [2.75, 3.05) is 39.3 Å². The summed E-state index contributed by atoms with van der Waals surface area (Å²) >= 11 is 1.23. The van der Waals surface area contributed by atoms with Crippen molar-refractivity contribution in [2.24, 2.45) is 0 Å². The van der Waals surface area contributed by atoms with Crippen molar-refractivity contribution in [1.29, 1.82) is 0 Å². The van der Waals surface area contributed by atoms with Crippen LogP contribution < -0.4 is 5.32 Å². The Kier molecular flexibility index (Phi) is 3.98. The van der Waals surface area contributed by atoms with Crippen molar-refractivity contribution >= 4 is 17.4 Å². The van der Waals surface area contributed by atoms with Crippen molar-refractivity contribution in [2.45, 2.75) is 32.2 Å². The van der Waals surface area contributed by atoms with Crippen LogP contribution in [0.4, 0.5) is 0 Å². The third kappa shape index (κ3) is 2.95. The molecular formula is C14H23N5OS. The van der Waals surface area contributed by atoms with E-state index in [0.717, 1.165) is 45.0 Å². The van der Waals surface area contributed by atoms with Crippen LogP contribution in [0.5, 0.6) is 0 Å². The first-order valence-corrected chi connectivity index (χ1v) is 8.31. The number of hydrogen-bond acceptors (Lipinski definition) is 6. The van der Waals surface area contributed by atoms with E-state index in [-0.39, 0.29) is 11.3 Å². The van der Waals surface area contributed by atoms with Crippen LogP contribution in [-0.2, 0) is 5.41 Å². The fourth-order valence-corrected chi connectivity index (χ4v) is 3.63. The zero-order valence-electron chi connectivity index (χ0n) is 12.9. The van der Waals surface area contributed by atoms with Gasteiger partial charge in [-0.3, -0.25) is 9.69 Å². The maximum absolute atomic E-state index is 12.7. The van der Waals surface area contributed by atoms with Crippen LogP contribution in [0.25, 0.3) is 0 Å². The van der Waals surface area contributed by atoms with Gasteiger partial charge >= 0.3 is 0 Å². The molecule has 0 bridgehead atoms. The van der Waals surface area contributed by atoms with E-state index in [1.165, 1.54) is 11.5 Å². The third-order valence-corrected chi connectivity index (χ3v) is 4.98. The normalized spacial score (nSPS) is 21.4. The second-order valence-electron chi connectivity index (χ2n) is 6.84. The highest BCUT2D eigenvalue weighted by Crippen LogP contribution is 2.27. The molecule has 0 atom stereocenters. The molecule has 1 aromatic rings. The van der Waals surface area contributed by atoms with Crippen molar-refractivity contribution in [3.8, 4) is 0 Å². The maximum Gasteiger partial charge on any atom is 0.267 e. The Morgan fingerprint density at radius 1 is 1.24 bits per heavy atom. The van der Waals surface area contributed by atoms with Crippen LogP contribution in [0.15, 0.2) is 0 Å². The van der Waals surface area contributed by atoms with Gasteiger partial charge in [0.15, 0.2) is 0 Å². The standard InChI is InChI=1S/C14H23N5OS/c1-14(2,3)12-11(21-17-16-12)13(20)19-6-4-18(5-7-19)10-8-15-9-10/h10,15H,4-9H2,1-3H3. The Bertz CT molecular complexity index is 512. The van der Waals surface area contributed by atoms with E-state index in [1.807, 2.05) is 4.90 Å². The average molecular weight is 309 g/mol. The molecule has 0 spiro atoms. The molecule has 0 saturated carbocycles. The van der Waals surface area contributed by atoms with Gasteiger partial charge in [-0.05, 0) is 11.5 Å². The first-order valence-electron chi connectivity index (χ1n) is 7.53. The second-order valence-corrected chi connectivity index (χ2v) is 7.60. The smallest absolute Gasteiger partial charge is 0.267 e. The summed E-state index contributed by atoms with van der Waals surface area (Å²) < 4.78 is 4.00. The molecule has 3 heterocycles. The van der Waals surface area contributed by atoms with Crippen LogP contribution in [0.1, 0.15) is 36.1 Å². The van der Waals surface area contributed by atoms with Crippen molar-refractivity contribution in [1.82, 2.24) is 24.7 Å². The van der Waals surface area contributed by atoms with Gasteiger partial charge in [-0.15, -0.1) is 5.10 Å². The van der Waals surface area contributed by atoms with Gasteiger partial charge in [0.05, 0.1) is 5.69 Å². The summed E-state index contributed by atoms with van der Waals surface area (Å²) in [4.78, 5) is 17.9. The van der Waals surface area contributed by atoms with E-state index in [0.29, 0.717) is 10.9 Å². The Labute approximate surface area is 129 Å². The van der Waals surface area contributed by atoms with Crippen LogP contribution in [0.2, 0.25) is 0 Å². The minimum Gasteiger partial charge on any atom is -0.335 e. The molecule has 116 valence electrons. The van der Waals surface area contributed by atoms with E-state index in [4.69, 9.17) is 0 Å². The van der Waals surface area contributed by atoms with Gasteiger partial charge < -0.3 is 10.2 Å². The monoisotopic (exact) mass is 309 g/mol. The van der Waals surface area contributed by atoms with Gasteiger partial charge in [0.2, 0.25) is 0 Å². The second kappa shape index (κ2) is 5.62. The van der Waals surface area contributed by atoms with E-state index in [2.05, 4.69) is 40.6 Å². The Morgan fingerprint density at radius 3 is 2.43 bits per heavy atom. The molecule has 0 aromatic carbocycles. The Morgan fingerprint density at radius 2 is 1.90 bits per heavy atom.